The molecule has 4 nitrogen and oxygen atoms in total. The normalized spacial score (nSPS) is 17.2. The second kappa shape index (κ2) is 6.77. The van der Waals surface area contributed by atoms with Gasteiger partial charge >= 0.3 is 0 Å². The first-order valence-electron chi connectivity index (χ1n) is 7.88. The van der Waals surface area contributed by atoms with E-state index < -0.39 is 0 Å². The highest BCUT2D eigenvalue weighted by atomic mass is 79.9. The average molecular weight is 387 g/mol. The van der Waals surface area contributed by atoms with Crippen molar-refractivity contribution in [2.45, 2.75) is 20.3 Å². The number of hydrogen-bond donors (Lipinski definition) is 1. The first-order chi connectivity index (χ1) is 11.4. The molecule has 1 aliphatic rings. The number of aryl methyl sites for hydroxylation is 2. The molecule has 0 aromatic heterocycles. The molecule has 3 rings (SSSR count). The van der Waals surface area contributed by atoms with Gasteiger partial charge in [0.1, 0.15) is 0 Å². The Morgan fingerprint density at radius 1 is 1.17 bits per heavy atom. The standard InChI is InChI=1S/C19H19BrN2O2/c1-12-6-7-17(8-13(12)2)22-11-14(9-18(22)23)19(24)21-16-5-3-4-15(20)10-16/h3-8,10,14H,9,11H2,1-2H3,(H,21,24)/t14-/m1/s1. The summed E-state index contributed by atoms with van der Waals surface area (Å²) in [6.07, 6.45) is 0.243. The molecule has 0 saturated carbocycles. The molecule has 1 saturated heterocycles. The average Bonchev–Trinajstić information content (AvgIpc) is 2.92. The number of anilines is 2. The van der Waals surface area contributed by atoms with Gasteiger partial charge in [-0.05, 0) is 55.3 Å². The van der Waals surface area contributed by atoms with E-state index >= 15 is 0 Å². The van der Waals surface area contributed by atoms with Gasteiger partial charge in [-0.25, -0.2) is 0 Å². The van der Waals surface area contributed by atoms with E-state index in [2.05, 4.69) is 21.2 Å². The largest absolute Gasteiger partial charge is 0.326 e. The molecule has 0 unspecified atom stereocenters. The van der Waals surface area contributed by atoms with Crippen LogP contribution in [0, 0.1) is 19.8 Å². The van der Waals surface area contributed by atoms with Crippen LogP contribution in [-0.2, 0) is 9.59 Å². The Morgan fingerprint density at radius 3 is 2.67 bits per heavy atom. The summed E-state index contributed by atoms with van der Waals surface area (Å²) in [4.78, 5) is 26.5. The Kier molecular flexibility index (Phi) is 4.71. The lowest BCUT2D eigenvalue weighted by Crippen LogP contribution is -2.28. The molecular formula is C19H19BrN2O2. The number of hydrogen-bond acceptors (Lipinski definition) is 2. The molecular weight excluding hydrogens is 368 g/mol. The number of halogens is 1. The maximum Gasteiger partial charge on any atom is 0.229 e. The van der Waals surface area contributed by atoms with Gasteiger partial charge in [0.2, 0.25) is 11.8 Å². The predicted molar refractivity (Wildman–Crippen MR) is 99.1 cm³/mol. The Hall–Kier alpha value is -2.14. The van der Waals surface area contributed by atoms with Gasteiger partial charge in [0.25, 0.3) is 0 Å². The van der Waals surface area contributed by atoms with Gasteiger partial charge in [-0.2, -0.15) is 0 Å². The highest BCUT2D eigenvalue weighted by Gasteiger charge is 2.35. The lowest BCUT2D eigenvalue weighted by molar-refractivity contribution is -0.122. The number of nitrogens with zero attached hydrogens (tertiary/aromatic N) is 1. The number of carbonyl (C=O) groups is 2. The number of carbonyl (C=O) groups excluding carboxylic acids is 2. The Labute approximate surface area is 150 Å². The summed E-state index contributed by atoms with van der Waals surface area (Å²) in [7, 11) is 0. The van der Waals surface area contributed by atoms with Crippen LogP contribution in [0.3, 0.4) is 0 Å². The quantitative estimate of drug-likeness (QED) is 0.864. The summed E-state index contributed by atoms with van der Waals surface area (Å²) in [5.41, 5.74) is 3.92. The molecule has 0 bridgehead atoms. The minimum absolute atomic E-state index is 0.00681. The van der Waals surface area contributed by atoms with E-state index in [-0.39, 0.29) is 24.2 Å². The number of amides is 2. The summed E-state index contributed by atoms with van der Waals surface area (Å²) in [6, 6.07) is 13.4. The van der Waals surface area contributed by atoms with Crippen molar-refractivity contribution in [3.8, 4) is 0 Å². The minimum atomic E-state index is -0.335. The van der Waals surface area contributed by atoms with E-state index in [1.807, 2.05) is 56.3 Å². The Morgan fingerprint density at radius 2 is 1.96 bits per heavy atom. The fourth-order valence-electron chi connectivity index (χ4n) is 2.84. The van der Waals surface area contributed by atoms with E-state index in [9.17, 15) is 9.59 Å². The van der Waals surface area contributed by atoms with Crippen LogP contribution < -0.4 is 10.2 Å². The zero-order valence-electron chi connectivity index (χ0n) is 13.7. The third-order valence-electron chi connectivity index (χ3n) is 4.39. The number of rotatable bonds is 3. The van der Waals surface area contributed by atoms with Gasteiger partial charge in [-0.3, -0.25) is 9.59 Å². The van der Waals surface area contributed by atoms with Gasteiger partial charge in [-0.1, -0.05) is 28.1 Å². The van der Waals surface area contributed by atoms with Gasteiger partial charge in [-0.15, -0.1) is 0 Å². The first-order valence-corrected chi connectivity index (χ1v) is 8.67. The third-order valence-corrected chi connectivity index (χ3v) is 4.88. The van der Waals surface area contributed by atoms with Crippen LogP contribution in [0.4, 0.5) is 11.4 Å². The van der Waals surface area contributed by atoms with E-state index in [0.717, 1.165) is 21.4 Å². The predicted octanol–water partition coefficient (Wildman–Crippen LogP) is 4.06. The first kappa shape index (κ1) is 16.7. The van der Waals surface area contributed by atoms with Gasteiger partial charge in [0.15, 0.2) is 0 Å². The Bertz CT molecular complexity index is 804. The second-order valence-electron chi connectivity index (χ2n) is 6.17. The van der Waals surface area contributed by atoms with E-state index in [1.54, 1.807) is 4.90 Å². The van der Waals surface area contributed by atoms with Gasteiger partial charge < -0.3 is 10.2 Å². The monoisotopic (exact) mass is 386 g/mol. The molecule has 1 N–H and O–H groups in total. The highest BCUT2D eigenvalue weighted by molar-refractivity contribution is 9.10. The molecule has 2 amide bonds. The summed E-state index contributed by atoms with van der Waals surface area (Å²) in [5.74, 6) is -0.460. The fraction of sp³-hybridized carbons (Fsp3) is 0.263. The lowest BCUT2D eigenvalue weighted by atomic mass is 10.1. The molecule has 0 radical (unpaired) electrons. The van der Waals surface area contributed by atoms with Crippen LogP contribution in [-0.4, -0.2) is 18.4 Å². The molecule has 1 fully saturated rings. The van der Waals surface area contributed by atoms with Crippen LogP contribution in [0.1, 0.15) is 17.5 Å². The molecule has 0 aliphatic carbocycles. The van der Waals surface area contributed by atoms with Crippen molar-refractivity contribution in [1.29, 1.82) is 0 Å². The van der Waals surface area contributed by atoms with Crippen LogP contribution in [0.15, 0.2) is 46.9 Å². The zero-order valence-corrected chi connectivity index (χ0v) is 15.3. The van der Waals surface area contributed by atoms with E-state index in [4.69, 9.17) is 0 Å². The molecule has 5 heteroatoms. The molecule has 1 heterocycles. The lowest BCUT2D eigenvalue weighted by Gasteiger charge is -2.18. The molecule has 2 aromatic rings. The van der Waals surface area contributed by atoms with Crippen molar-refractivity contribution in [3.63, 3.8) is 0 Å². The summed E-state index contributed by atoms with van der Waals surface area (Å²) < 4.78 is 0.902. The highest BCUT2D eigenvalue weighted by Crippen LogP contribution is 2.27. The van der Waals surface area contributed by atoms with Crippen molar-refractivity contribution in [3.05, 3.63) is 58.1 Å². The minimum Gasteiger partial charge on any atom is -0.326 e. The topological polar surface area (TPSA) is 49.4 Å². The third kappa shape index (κ3) is 3.51. The van der Waals surface area contributed by atoms with Crippen LogP contribution in [0.5, 0.6) is 0 Å². The maximum atomic E-state index is 12.5. The van der Waals surface area contributed by atoms with Crippen LogP contribution >= 0.6 is 15.9 Å². The molecule has 2 aromatic carbocycles. The van der Waals surface area contributed by atoms with Crippen LogP contribution in [0.25, 0.3) is 0 Å². The molecule has 1 atom stereocenters. The SMILES string of the molecule is Cc1ccc(N2C[C@H](C(=O)Nc3cccc(Br)c3)CC2=O)cc1C. The zero-order chi connectivity index (χ0) is 17.3. The van der Waals surface area contributed by atoms with Crippen molar-refractivity contribution >= 4 is 39.1 Å². The summed E-state index contributed by atoms with van der Waals surface area (Å²) in [6.45, 7) is 4.48. The smallest absolute Gasteiger partial charge is 0.229 e. The summed E-state index contributed by atoms with van der Waals surface area (Å²) >= 11 is 3.38. The molecule has 1 aliphatic heterocycles. The van der Waals surface area contributed by atoms with Crippen molar-refractivity contribution in [1.82, 2.24) is 0 Å². The summed E-state index contributed by atoms with van der Waals surface area (Å²) in [5, 5.41) is 2.89. The van der Waals surface area contributed by atoms with Crippen LogP contribution in [0.2, 0.25) is 0 Å². The second-order valence-corrected chi connectivity index (χ2v) is 7.09. The molecule has 124 valence electrons. The molecule has 24 heavy (non-hydrogen) atoms. The van der Waals surface area contributed by atoms with Crippen molar-refractivity contribution in [2.75, 3.05) is 16.8 Å². The van der Waals surface area contributed by atoms with Crippen molar-refractivity contribution < 1.29 is 9.59 Å². The van der Waals surface area contributed by atoms with Gasteiger partial charge in [0, 0.05) is 28.8 Å². The number of nitrogens with one attached hydrogen (secondary N) is 1. The van der Waals surface area contributed by atoms with E-state index in [0.29, 0.717) is 6.54 Å². The van der Waals surface area contributed by atoms with Gasteiger partial charge in [0.05, 0.1) is 5.92 Å². The Balaban J connectivity index is 1.72. The van der Waals surface area contributed by atoms with Crippen molar-refractivity contribution in [2.24, 2.45) is 5.92 Å². The number of benzene rings is 2. The van der Waals surface area contributed by atoms with E-state index in [1.165, 1.54) is 5.56 Å². The molecule has 0 spiro atoms. The maximum absolute atomic E-state index is 12.5. The fourth-order valence-corrected chi connectivity index (χ4v) is 3.24.